The molecule has 1 N–H and O–H groups in total. The SMILES string of the molecule is COC(=O)[C@]1(F)CN(C2CCN(C(=O)OC(C)(C)C)CC2)C[C@H]1c1ccc(F)cc1F.COC(=O)[C@]1(F)CN(C2CCN(C(CF)CF)CC2)C[C@H]1c1ccc(F)cc1F.COC(=O)[C@]1(F)CN(C2CCNCC2)C[C@H]1c1ccc(F)cc1F. The Balaban J connectivity index is 0.000000182. The molecule has 25 heteroatoms. The highest BCUT2D eigenvalue weighted by Crippen LogP contribution is 2.46. The number of hydrogen-bond donors (Lipinski definition) is 1. The molecular weight excluding hydrogens is 1130 g/mol. The Morgan fingerprint density at radius 2 is 0.857 bits per heavy atom. The molecule has 3 aromatic rings. The fourth-order valence-electron chi connectivity index (χ4n) is 12.7. The number of amides is 1. The van der Waals surface area contributed by atoms with Gasteiger partial charge >= 0.3 is 24.0 Å². The molecule has 0 aromatic heterocycles. The third-order valence-electron chi connectivity index (χ3n) is 17.1. The summed E-state index contributed by atoms with van der Waals surface area (Å²) in [5, 5.41) is 3.24. The maximum Gasteiger partial charge on any atom is 0.410 e. The number of methoxy groups -OCH3 is 3. The van der Waals surface area contributed by atoms with E-state index in [-0.39, 0.29) is 74.1 Å². The van der Waals surface area contributed by atoms with E-state index in [0.29, 0.717) is 64.0 Å². The van der Waals surface area contributed by atoms with Crippen LogP contribution in [-0.4, -0.2) is 208 Å². The van der Waals surface area contributed by atoms with E-state index in [2.05, 4.69) is 19.5 Å². The number of carbonyl (C=O) groups is 4. The summed E-state index contributed by atoms with van der Waals surface area (Å²) in [6, 6.07) is 7.98. The number of nitrogens with zero attached hydrogens (tertiary/aromatic N) is 5. The number of hydrogen-bond acceptors (Lipinski definition) is 13. The first-order valence-corrected chi connectivity index (χ1v) is 28.2. The first-order valence-electron chi connectivity index (χ1n) is 28.2. The largest absolute Gasteiger partial charge is 0.467 e. The van der Waals surface area contributed by atoms with E-state index in [4.69, 9.17) is 4.74 Å². The van der Waals surface area contributed by atoms with Gasteiger partial charge in [0, 0.05) is 120 Å². The van der Waals surface area contributed by atoms with Crippen molar-refractivity contribution in [3.05, 3.63) is 106 Å². The maximum atomic E-state index is 15.9. The van der Waals surface area contributed by atoms with Crippen molar-refractivity contribution in [1.82, 2.24) is 29.8 Å². The molecule has 0 bridgehead atoms. The van der Waals surface area contributed by atoms with Gasteiger partial charge in [-0.1, -0.05) is 18.2 Å². The van der Waals surface area contributed by atoms with Crippen molar-refractivity contribution in [3.63, 3.8) is 0 Å². The van der Waals surface area contributed by atoms with Crippen LogP contribution < -0.4 is 5.32 Å². The molecule has 3 aromatic carbocycles. The number of esters is 3. The molecule has 466 valence electrons. The molecule has 6 heterocycles. The molecule has 6 saturated heterocycles. The predicted octanol–water partition coefficient (Wildman–Crippen LogP) is 8.66. The Kier molecular flexibility index (Phi) is 21.8. The third kappa shape index (κ3) is 14.8. The summed E-state index contributed by atoms with van der Waals surface area (Å²) in [6.07, 6.45) is 3.52. The molecule has 0 aliphatic carbocycles. The van der Waals surface area contributed by atoms with Crippen molar-refractivity contribution in [3.8, 4) is 0 Å². The van der Waals surface area contributed by atoms with Crippen LogP contribution in [0.25, 0.3) is 0 Å². The topological polar surface area (TPSA) is 133 Å². The van der Waals surface area contributed by atoms with E-state index < -0.39 is 119 Å². The number of halogens is 11. The summed E-state index contributed by atoms with van der Waals surface area (Å²) >= 11 is 0. The van der Waals surface area contributed by atoms with Crippen molar-refractivity contribution in [2.75, 3.05) is 113 Å². The molecule has 84 heavy (non-hydrogen) atoms. The van der Waals surface area contributed by atoms with Gasteiger partial charge in [0.25, 0.3) is 0 Å². The standard InChI is InChI=1S/C22H29F3N2O4.C20H25F5N2O2.C17H21F3N2O2/c1-21(2,3)31-20(29)26-9-7-15(8-10-26)27-12-17(22(25,13-27)19(28)30-4)16-6-5-14(23)11-18(16)24;1-29-19(28)20(25)12-27(11-17(20)16-3-2-13(23)8-18(16)24)14-4-6-26(7-5-14)15(9-21)10-22;1-24-16(23)17(20)10-22(12-4-6-21-7-5-12)9-14(17)13-3-2-11(18)8-15(13)19/h5-6,11,15,17H,7-10,12-13H2,1-4H3;2-3,8,14-15,17H,4-7,9-12H2,1H3;2-3,8,12,14,21H,4-7,9-10H2,1H3/t17-,22-;17-,20-;14-,17-/m000/s1. The van der Waals surface area contributed by atoms with Gasteiger partial charge in [0.1, 0.15) is 53.9 Å². The molecule has 14 nitrogen and oxygen atoms in total. The highest BCUT2D eigenvalue weighted by atomic mass is 19.2. The third-order valence-corrected chi connectivity index (χ3v) is 17.1. The molecule has 1 amide bonds. The highest BCUT2D eigenvalue weighted by molar-refractivity contribution is 5.83. The van der Waals surface area contributed by atoms with Gasteiger partial charge in [-0.3, -0.25) is 19.6 Å². The van der Waals surface area contributed by atoms with Crippen molar-refractivity contribution in [1.29, 1.82) is 0 Å². The normalized spacial score (nSPS) is 27.0. The fourth-order valence-corrected chi connectivity index (χ4v) is 12.7. The van der Waals surface area contributed by atoms with Gasteiger partial charge in [0.05, 0.1) is 27.4 Å². The summed E-state index contributed by atoms with van der Waals surface area (Å²) < 4.78 is 175. The van der Waals surface area contributed by atoms with Crippen molar-refractivity contribution < 1.29 is 86.4 Å². The van der Waals surface area contributed by atoms with E-state index in [1.807, 2.05) is 4.90 Å². The van der Waals surface area contributed by atoms with E-state index in [0.717, 1.165) is 77.6 Å². The number of carbonyl (C=O) groups excluding carboxylic acids is 4. The van der Waals surface area contributed by atoms with Crippen LogP contribution in [0.1, 0.15) is 93.7 Å². The van der Waals surface area contributed by atoms with E-state index >= 15 is 13.2 Å². The molecule has 6 fully saturated rings. The lowest BCUT2D eigenvalue weighted by Gasteiger charge is -2.39. The van der Waals surface area contributed by atoms with Crippen LogP contribution in [0.2, 0.25) is 0 Å². The zero-order valence-corrected chi connectivity index (χ0v) is 48.0. The van der Waals surface area contributed by atoms with E-state index in [1.54, 1.807) is 40.4 Å². The average Bonchev–Trinajstić information content (AvgIpc) is 2.08. The summed E-state index contributed by atoms with van der Waals surface area (Å²) in [6.45, 7) is 6.97. The van der Waals surface area contributed by atoms with Gasteiger partial charge in [-0.05, 0) is 107 Å². The molecular formula is C59H75F11N6O8. The lowest BCUT2D eigenvalue weighted by atomic mass is 9.86. The Labute approximate surface area is 482 Å². The maximum absolute atomic E-state index is 15.9. The fraction of sp³-hybridized carbons (Fsp3) is 0.627. The van der Waals surface area contributed by atoms with Crippen molar-refractivity contribution in [2.24, 2.45) is 0 Å². The van der Waals surface area contributed by atoms with Crippen LogP contribution in [0, 0.1) is 34.9 Å². The quantitative estimate of drug-likeness (QED) is 0.106. The average molecular weight is 1210 g/mol. The Bertz CT molecular complexity index is 2760. The molecule has 0 spiro atoms. The van der Waals surface area contributed by atoms with Crippen LogP contribution in [0.15, 0.2) is 54.6 Å². The van der Waals surface area contributed by atoms with Gasteiger partial charge < -0.3 is 29.2 Å². The van der Waals surface area contributed by atoms with Gasteiger partial charge in [0.15, 0.2) is 0 Å². The van der Waals surface area contributed by atoms with Crippen molar-refractivity contribution >= 4 is 24.0 Å². The monoisotopic (exact) mass is 1200 g/mol. The minimum Gasteiger partial charge on any atom is -0.467 e. The molecule has 6 atom stereocenters. The number of benzene rings is 3. The summed E-state index contributed by atoms with van der Waals surface area (Å²) in [5.41, 5.74) is -7.96. The molecule has 0 unspecified atom stereocenters. The molecule has 6 aliphatic rings. The molecule has 6 aliphatic heterocycles. The predicted molar refractivity (Wildman–Crippen MR) is 287 cm³/mol. The number of piperidine rings is 3. The number of ether oxygens (including phenoxy) is 4. The first kappa shape index (κ1) is 65.9. The Morgan fingerprint density at radius 1 is 0.536 bits per heavy atom. The number of alkyl halides is 5. The first-order chi connectivity index (χ1) is 39.7. The second-order valence-corrected chi connectivity index (χ2v) is 23.4. The Morgan fingerprint density at radius 3 is 1.15 bits per heavy atom. The minimum absolute atomic E-state index is 0.0146. The van der Waals surface area contributed by atoms with Crippen LogP contribution in [0.3, 0.4) is 0 Å². The number of rotatable bonds is 12. The minimum atomic E-state index is -2.47. The summed E-state index contributed by atoms with van der Waals surface area (Å²) in [7, 11) is 3.27. The Hall–Kier alpha value is -5.63. The molecule has 0 saturated carbocycles. The number of likely N-dealkylation sites (tertiary alicyclic amines) is 5. The van der Waals surface area contributed by atoms with Crippen LogP contribution >= 0.6 is 0 Å². The molecule has 0 radical (unpaired) electrons. The highest BCUT2D eigenvalue weighted by Gasteiger charge is 2.59. The molecule has 9 rings (SSSR count). The van der Waals surface area contributed by atoms with Crippen molar-refractivity contribution in [2.45, 2.75) is 124 Å². The second kappa shape index (κ2) is 27.8. The zero-order valence-electron chi connectivity index (χ0n) is 48.0. The van der Waals surface area contributed by atoms with E-state index in [9.17, 15) is 54.3 Å². The second-order valence-electron chi connectivity index (χ2n) is 23.4. The summed E-state index contributed by atoms with van der Waals surface area (Å²) in [4.78, 5) is 57.7. The zero-order chi connectivity index (χ0) is 61.5. The van der Waals surface area contributed by atoms with Gasteiger partial charge in [0.2, 0.25) is 17.0 Å². The van der Waals surface area contributed by atoms with Crippen LogP contribution in [0.4, 0.5) is 53.1 Å². The van der Waals surface area contributed by atoms with Crippen LogP contribution in [-0.2, 0) is 33.3 Å². The lowest BCUT2D eigenvalue weighted by molar-refractivity contribution is -0.155. The summed E-state index contributed by atoms with van der Waals surface area (Å²) in [5.74, 6) is -11.4. The van der Waals surface area contributed by atoms with E-state index in [1.165, 1.54) is 12.1 Å². The smallest absolute Gasteiger partial charge is 0.410 e. The van der Waals surface area contributed by atoms with Gasteiger partial charge in [-0.2, -0.15) is 0 Å². The van der Waals surface area contributed by atoms with Gasteiger partial charge in [-0.15, -0.1) is 0 Å². The van der Waals surface area contributed by atoms with Crippen LogP contribution in [0.5, 0.6) is 0 Å². The van der Waals surface area contributed by atoms with Gasteiger partial charge in [-0.25, -0.2) is 67.5 Å². The lowest BCUT2D eigenvalue weighted by Crippen LogP contribution is -2.50. The number of nitrogens with one attached hydrogen (secondary N) is 1.